The number of hydrogen-bond acceptors (Lipinski definition) is 4. The molecule has 0 radical (unpaired) electrons. The van der Waals surface area contributed by atoms with Gasteiger partial charge in [-0.25, -0.2) is 0 Å². The summed E-state index contributed by atoms with van der Waals surface area (Å²) in [4.78, 5) is 17.3. The Labute approximate surface area is 178 Å². The number of ether oxygens (including phenoxy) is 1. The van der Waals surface area contributed by atoms with Crippen molar-refractivity contribution >= 4 is 28.4 Å². The number of piperidine rings is 1. The molecule has 4 nitrogen and oxygen atoms in total. The zero-order chi connectivity index (χ0) is 20.1. The quantitative estimate of drug-likeness (QED) is 0.646. The maximum absolute atomic E-state index is 12.7. The maximum atomic E-state index is 12.7. The first-order valence-electron chi connectivity index (χ1n) is 11.0. The molecule has 0 aromatic heterocycles. The highest BCUT2D eigenvalue weighted by molar-refractivity contribution is 7.99. The van der Waals surface area contributed by atoms with Gasteiger partial charge >= 0.3 is 0 Å². The average molecular weight is 413 g/mol. The van der Waals surface area contributed by atoms with Gasteiger partial charge < -0.3 is 14.5 Å². The molecule has 2 aliphatic rings. The van der Waals surface area contributed by atoms with E-state index in [2.05, 4.69) is 24.0 Å². The Balaban J connectivity index is 1.32. The Kier molecular flexibility index (Phi) is 6.98. The Hall–Kier alpha value is -1.72. The first-order valence-corrected chi connectivity index (χ1v) is 12.1. The monoisotopic (exact) mass is 412 g/mol. The summed E-state index contributed by atoms with van der Waals surface area (Å²) >= 11 is 1.92. The highest BCUT2D eigenvalue weighted by atomic mass is 32.2. The van der Waals surface area contributed by atoms with Crippen LogP contribution in [-0.2, 0) is 0 Å². The standard InChI is InChI=1S/C24H32N2O2S/c1-19-5-2-3-10-25(19)11-4-14-28-23-9-8-20-17-22(7-6-21(20)18-23)24(27)26-12-15-29-16-13-26/h6-9,17-19H,2-5,10-16H2,1H3. The third kappa shape index (κ3) is 5.26. The van der Waals surface area contributed by atoms with Crippen molar-refractivity contribution in [2.45, 2.75) is 38.6 Å². The number of fused-ring (bicyclic) bond motifs is 1. The number of hydrogen-bond donors (Lipinski definition) is 0. The fourth-order valence-electron chi connectivity index (χ4n) is 4.34. The number of nitrogens with zero attached hydrogens (tertiary/aromatic N) is 2. The van der Waals surface area contributed by atoms with Gasteiger partial charge in [-0.2, -0.15) is 11.8 Å². The molecule has 2 saturated heterocycles. The van der Waals surface area contributed by atoms with E-state index >= 15 is 0 Å². The average Bonchev–Trinajstić information content (AvgIpc) is 2.77. The summed E-state index contributed by atoms with van der Waals surface area (Å²) in [5.74, 6) is 3.14. The van der Waals surface area contributed by atoms with E-state index in [0.29, 0.717) is 6.04 Å². The summed E-state index contributed by atoms with van der Waals surface area (Å²) < 4.78 is 6.01. The van der Waals surface area contributed by atoms with Crippen molar-refractivity contribution in [1.82, 2.24) is 9.80 Å². The predicted octanol–water partition coefficient (Wildman–Crippen LogP) is 4.67. The van der Waals surface area contributed by atoms with Gasteiger partial charge in [0.2, 0.25) is 0 Å². The van der Waals surface area contributed by atoms with Crippen LogP contribution in [0.25, 0.3) is 10.8 Å². The second kappa shape index (κ2) is 9.86. The summed E-state index contributed by atoms with van der Waals surface area (Å²) in [6, 6.07) is 12.9. The van der Waals surface area contributed by atoms with E-state index in [0.717, 1.165) is 66.3 Å². The molecule has 2 heterocycles. The number of likely N-dealkylation sites (tertiary alicyclic amines) is 1. The van der Waals surface area contributed by atoms with Gasteiger partial charge in [0.25, 0.3) is 5.91 Å². The van der Waals surface area contributed by atoms with Gasteiger partial charge in [0.05, 0.1) is 6.61 Å². The molecule has 2 fully saturated rings. The molecule has 1 amide bonds. The van der Waals surface area contributed by atoms with E-state index in [-0.39, 0.29) is 5.91 Å². The van der Waals surface area contributed by atoms with Gasteiger partial charge in [0.15, 0.2) is 0 Å². The van der Waals surface area contributed by atoms with Crippen LogP contribution in [0.1, 0.15) is 43.0 Å². The van der Waals surface area contributed by atoms with Crippen LogP contribution in [0.3, 0.4) is 0 Å². The van der Waals surface area contributed by atoms with Gasteiger partial charge in [-0.05, 0) is 67.8 Å². The first-order chi connectivity index (χ1) is 14.2. The number of benzene rings is 2. The molecule has 0 N–H and O–H groups in total. The SMILES string of the molecule is CC1CCCCN1CCCOc1ccc2cc(C(=O)N3CCSCC3)ccc2c1. The van der Waals surface area contributed by atoms with Crippen LogP contribution < -0.4 is 4.74 Å². The van der Waals surface area contributed by atoms with Crippen LogP contribution in [0.4, 0.5) is 0 Å². The van der Waals surface area contributed by atoms with E-state index in [4.69, 9.17) is 4.74 Å². The Bertz CT molecular complexity index is 835. The van der Waals surface area contributed by atoms with Crippen LogP contribution in [0.15, 0.2) is 36.4 Å². The van der Waals surface area contributed by atoms with Gasteiger partial charge in [-0.1, -0.05) is 18.6 Å². The second-order valence-corrected chi connectivity index (χ2v) is 9.44. The van der Waals surface area contributed by atoms with Gasteiger partial charge in [0.1, 0.15) is 5.75 Å². The molecule has 0 saturated carbocycles. The molecular formula is C24H32N2O2S. The van der Waals surface area contributed by atoms with E-state index in [1.165, 1.54) is 25.8 Å². The van der Waals surface area contributed by atoms with Gasteiger partial charge in [-0.15, -0.1) is 0 Å². The van der Waals surface area contributed by atoms with Crippen molar-refractivity contribution in [3.8, 4) is 5.75 Å². The van der Waals surface area contributed by atoms with Crippen molar-refractivity contribution in [3.63, 3.8) is 0 Å². The van der Waals surface area contributed by atoms with E-state index < -0.39 is 0 Å². The normalized spacial score (nSPS) is 20.7. The lowest BCUT2D eigenvalue weighted by atomic mass is 10.0. The van der Waals surface area contributed by atoms with Crippen LogP contribution in [0.2, 0.25) is 0 Å². The highest BCUT2D eigenvalue weighted by Gasteiger charge is 2.19. The van der Waals surface area contributed by atoms with Gasteiger partial charge in [-0.3, -0.25) is 4.79 Å². The van der Waals surface area contributed by atoms with Crippen LogP contribution in [0, 0.1) is 0 Å². The molecule has 4 rings (SSSR count). The number of carbonyl (C=O) groups excluding carboxylic acids is 1. The molecule has 2 aliphatic heterocycles. The summed E-state index contributed by atoms with van der Waals surface area (Å²) in [5, 5.41) is 2.22. The first kappa shape index (κ1) is 20.5. The summed E-state index contributed by atoms with van der Waals surface area (Å²) in [6.45, 7) is 7.14. The zero-order valence-electron chi connectivity index (χ0n) is 17.4. The molecular weight excluding hydrogens is 380 g/mol. The lowest BCUT2D eigenvalue weighted by Crippen LogP contribution is -2.38. The minimum absolute atomic E-state index is 0.152. The maximum Gasteiger partial charge on any atom is 0.253 e. The summed E-state index contributed by atoms with van der Waals surface area (Å²) in [7, 11) is 0. The van der Waals surface area contributed by atoms with Crippen molar-refractivity contribution in [1.29, 1.82) is 0 Å². The zero-order valence-corrected chi connectivity index (χ0v) is 18.3. The molecule has 29 heavy (non-hydrogen) atoms. The van der Waals surface area contributed by atoms with Crippen molar-refractivity contribution in [2.24, 2.45) is 0 Å². The molecule has 0 spiro atoms. The predicted molar refractivity (Wildman–Crippen MR) is 122 cm³/mol. The lowest BCUT2D eigenvalue weighted by molar-refractivity contribution is 0.0772. The van der Waals surface area contributed by atoms with Crippen LogP contribution >= 0.6 is 11.8 Å². The molecule has 5 heteroatoms. The number of rotatable bonds is 6. The highest BCUT2D eigenvalue weighted by Crippen LogP contribution is 2.24. The number of amides is 1. The minimum atomic E-state index is 0.152. The molecule has 0 bridgehead atoms. The van der Waals surface area contributed by atoms with Crippen LogP contribution in [0.5, 0.6) is 5.75 Å². The van der Waals surface area contributed by atoms with Gasteiger partial charge in [0, 0.05) is 42.7 Å². The third-order valence-corrected chi connectivity index (χ3v) is 7.10. The Morgan fingerprint density at radius 2 is 1.86 bits per heavy atom. The third-order valence-electron chi connectivity index (χ3n) is 6.16. The second-order valence-electron chi connectivity index (χ2n) is 8.21. The number of carbonyl (C=O) groups is 1. The fraction of sp³-hybridized carbons (Fsp3) is 0.542. The largest absolute Gasteiger partial charge is 0.494 e. The molecule has 156 valence electrons. The Morgan fingerprint density at radius 3 is 2.69 bits per heavy atom. The lowest BCUT2D eigenvalue weighted by Gasteiger charge is -2.33. The molecule has 1 unspecified atom stereocenters. The Morgan fingerprint density at radius 1 is 1.07 bits per heavy atom. The van der Waals surface area contributed by atoms with E-state index in [9.17, 15) is 4.79 Å². The van der Waals surface area contributed by atoms with E-state index in [1.807, 2.05) is 40.9 Å². The minimum Gasteiger partial charge on any atom is -0.494 e. The smallest absolute Gasteiger partial charge is 0.253 e. The topological polar surface area (TPSA) is 32.8 Å². The molecule has 2 aromatic rings. The summed E-state index contributed by atoms with van der Waals surface area (Å²) in [5.41, 5.74) is 0.786. The molecule has 1 atom stereocenters. The molecule has 2 aromatic carbocycles. The fourth-order valence-corrected chi connectivity index (χ4v) is 5.25. The van der Waals surface area contributed by atoms with Crippen molar-refractivity contribution in [2.75, 3.05) is 44.3 Å². The van der Waals surface area contributed by atoms with Crippen molar-refractivity contribution < 1.29 is 9.53 Å². The number of thioether (sulfide) groups is 1. The van der Waals surface area contributed by atoms with E-state index in [1.54, 1.807) is 0 Å². The summed E-state index contributed by atoms with van der Waals surface area (Å²) in [6.07, 6.45) is 5.09. The van der Waals surface area contributed by atoms with Crippen molar-refractivity contribution in [3.05, 3.63) is 42.0 Å². The van der Waals surface area contributed by atoms with Crippen LogP contribution in [-0.4, -0.2) is 66.0 Å². The molecule has 0 aliphatic carbocycles.